The molecule has 3 N–H and O–H groups in total. The second kappa shape index (κ2) is 3.38. The summed E-state index contributed by atoms with van der Waals surface area (Å²) in [5.41, 5.74) is 6.50. The predicted molar refractivity (Wildman–Crippen MR) is 48.2 cm³/mol. The maximum atomic E-state index is 7.32. The first-order chi connectivity index (χ1) is 5.65. The number of rotatable bonds is 3. The van der Waals surface area contributed by atoms with Gasteiger partial charge in [-0.25, -0.2) is 0 Å². The molecule has 1 aromatic heterocycles. The Morgan fingerprint density at radius 3 is 2.83 bits per heavy atom. The summed E-state index contributed by atoms with van der Waals surface area (Å²) in [4.78, 5) is 0. The Bertz CT molecular complexity index is 276. The second-order valence-corrected chi connectivity index (χ2v) is 2.88. The summed E-state index contributed by atoms with van der Waals surface area (Å²) in [6.07, 6.45) is 4.47. The Kier molecular flexibility index (Phi) is 2.47. The Labute approximate surface area is 71.9 Å². The van der Waals surface area contributed by atoms with Crippen LogP contribution >= 0.6 is 0 Å². The number of aryl methyl sites for hydroxylation is 1. The summed E-state index contributed by atoms with van der Waals surface area (Å²) < 4.78 is 1.73. The van der Waals surface area contributed by atoms with Crippen LogP contribution < -0.4 is 5.73 Å². The number of hydrogen-bond donors (Lipinski definition) is 2. The molecule has 12 heavy (non-hydrogen) atoms. The van der Waals surface area contributed by atoms with E-state index in [-0.39, 0.29) is 11.9 Å². The van der Waals surface area contributed by atoms with Crippen LogP contribution in [0.5, 0.6) is 0 Å². The Hall–Kier alpha value is -1.32. The van der Waals surface area contributed by atoms with Gasteiger partial charge in [-0.05, 0) is 18.9 Å². The average molecular weight is 166 g/mol. The van der Waals surface area contributed by atoms with Crippen LogP contribution in [0.15, 0.2) is 12.4 Å². The summed E-state index contributed by atoms with van der Waals surface area (Å²) in [5, 5.41) is 11.4. The van der Waals surface area contributed by atoms with Crippen molar-refractivity contribution in [3.8, 4) is 0 Å². The Morgan fingerprint density at radius 2 is 2.50 bits per heavy atom. The van der Waals surface area contributed by atoms with E-state index in [1.807, 2.05) is 20.0 Å². The van der Waals surface area contributed by atoms with Crippen molar-refractivity contribution in [1.29, 1.82) is 5.41 Å². The molecule has 0 aliphatic heterocycles. The fraction of sp³-hybridized carbons (Fsp3) is 0.500. The maximum Gasteiger partial charge on any atom is 0.116 e. The van der Waals surface area contributed by atoms with E-state index in [4.69, 9.17) is 11.1 Å². The topological polar surface area (TPSA) is 67.7 Å². The number of amidine groups is 1. The lowest BCUT2D eigenvalue weighted by Gasteiger charge is -2.12. The summed E-state index contributed by atoms with van der Waals surface area (Å²) in [5.74, 6) is 0.167. The molecule has 0 saturated heterocycles. The molecule has 1 atom stereocenters. The van der Waals surface area contributed by atoms with Crippen LogP contribution in [0, 0.1) is 12.3 Å². The molecule has 0 radical (unpaired) electrons. The minimum absolute atomic E-state index is 0.0845. The molecule has 0 bridgehead atoms. The Morgan fingerprint density at radius 1 is 1.83 bits per heavy atom. The van der Waals surface area contributed by atoms with Gasteiger partial charge >= 0.3 is 0 Å². The van der Waals surface area contributed by atoms with Gasteiger partial charge in [0.25, 0.3) is 0 Å². The molecule has 1 heterocycles. The highest BCUT2D eigenvalue weighted by Gasteiger charge is 2.11. The molecule has 0 aliphatic rings. The number of aromatic nitrogens is 2. The highest BCUT2D eigenvalue weighted by Crippen LogP contribution is 2.09. The molecule has 0 aliphatic carbocycles. The van der Waals surface area contributed by atoms with Crippen LogP contribution in [0.2, 0.25) is 0 Å². The minimum Gasteiger partial charge on any atom is -0.386 e. The van der Waals surface area contributed by atoms with Gasteiger partial charge in [-0.15, -0.1) is 0 Å². The molecule has 66 valence electrons. The number of nitrogens with one attached hydrogen (secondary N) is 1. The van der Waals surface area contributed by atoms with Crippen LogP contribution in [-0.2, 0) is 0 Å². The van der Waals surface area contributed by atoms with Gasteiger partial charge in [-0.1, -0.05) is 6.92 Å². The van der Waals surface area contributed by atoms with Crippen molar-refractivity contribution < 1.29 is 0 Å². The fourth-order valence-corrected chi connectivity index (χ4v) is 1.15. The van der Waals surface area contributed by atoms with E-state index in [1.54, 1.807) is 10.9 Å². The SMILES string of the molecule is CCC(C(=N)N)n1cc(C)cn1. The van der Waals surface area contributed by atoms with E-state index < -0.39 is 0 Å². The molecule has 0 fully saturated rings. The lowest BCUT2D eigenvalue weighted by Crippen LogP contribution is -2.25. The van der Waals surface area contributed by atoms with E-state index in [2.05, 4.69) is 5.10 Å². The van der Waals surface area contributed by atoms with Gasteiger partial charge in [0, 0.05) is 6.20 Å². The normalized spacial score (nSPS) is 12.8. The summed E-state index contributed by atoms with van der Waals surface area (Å²) in [6, 6.07) is -0.0845. The van der Waals surface area contributed by atoms with Crippen molar-refractivity contribution in [3.63, 3.8) is 0 Å². The number of nitrogens with zero attached hydrogens (tertiary/aromatic N) is 2. The first-order valence-corrected chi connectivity index (χ1v) is 3.99. The highest BCUT2D eigenvalue weighted by atomic mass is 15.3. The van der Waals surface area contributed by atoms with Gasteiger partial charge in [0.15, 0.2) is 0 Å². The quantitative estimate of drug-likeness (QED) is 0.521. The van der Waals surface area contributed by atoms with E-state index >= 15 is 0 Å². The minimum atomic E-state index is -0.0845. The lowest BCUT2D eigenvalue weighted by molar-refractivity contribution is 0.546. The molecule has 0 aromatic carbocycles. The van der Waals surface area contributed by atoms with E-state index in [0.29, 0.717) is 0 Å². The van der Waals surface area contributed by atoms with Gasteiger partial charge in [0.1, 0.15) is 11.9 Å². The van der Waals surface area contributed by atoms with Crippen molar-refractivity contribution >= 4 is 5.84 Å². The first-order valence-electron chi connectivity index (χ1n) is 3.99. The molecule has 4 heteroatoms. The molecule has 1 rings (SSSR count). The summed E-state index contributed by atoms with van der Waals surface area (Å²) >= 11 is 0. The van der Waals surface area contributed by atoms with Crippen molar-refractivity contribution in [2.75, 3.05) is 0 Å². The van der Waals surface area contributed by atoms with Crippen LogP contribution in [0.25, 0.3) is 0 Å². The molecule has 1 unspecified atom stereocenters. The maximum absolute atomic E-state index is 7.32. The zero-order valence-corrected chi connectivity index (χ0v) is 7.41. The lowest BCUT2D eigenvalue weighted by atomic mass is 10.2. The van der Waals surface area contributed by atoms with Gasteiger partial charge in [-0.3, -0.25) is 10.1 Å². The molecule has 0 spiro atoms. The number of nitrogens with two attached hydrogens (primary N) is 1. The van der Waals surface area contributed by atoms with Crippen LogP contribution in [0.3, 0.4) is 0 Å². The Balaban J connectivity index is 2.87. The van der Waals surface area contributed by atoms with E-state index in [9.17, 15) is 0 Å². The predicted octanol–water partition coefficient (Wildman–Crippen LogP) is 1.08. The van der Waals surface area contributed by atoms with Crippen molar-refractivity contribution in [2.24, 2.45) is 5.73 Å². The third kappa shape index (κ3) is 1.64. The molecule has 1 aromatic rings. The largest absolute Gasteiger partial charge is 0.386 e. The van der Waals surface area contributed by atoms with Crippen LogP contribution in [0.1, 0.15) is 24.9 Å². The van der Waals surface area contributed by atoms with Crippen molar-refractivity contribution in [2.45, 2.75) is 26.3 Å². The third-order valence-electron chi connectivity index (χ3n) is 1.80. The van der Waals surface area contributed by atoms with E-state index in [0.717, 1.165) is 12.0 Å². The summed E-state index contributed by atoms with van der Waals surface area (Å²) in [7, 11) is 0. The molecular weight excluding hydrogens is 152 g/mol. The van der Waals surface area contributed by atoms with Crippen molar-refractivity contribution in [1.82, 2.24) is 9.78 Å². The van der Waals surface area contributed by atoms with Crippen molar-refractivity contribution in [3.05, 3.63) is 18.0 Å². The average Bonchev–Trinajstić information content (AvgIpc) is 2.37. The first kappa shape index (κ1) is 8.77. The van der Waals surface area contributed by atoms with E-state index in [1.165, 1.54) is 0 Å². The zero-order chi connectivity index (χ0) is 9.14. The number of hydrogen-bond acceptors (Lipinski definition) is 2. The fourth-order valence-electron chi connectivity index (χ4n) is 1.15. The second-order valence-electron chi connectivity index (χ2n) is 2.88. The molecule has 0 amide bonds. The molecule has 0 saturated carbocycles. The van der Waals surface area contributed by atoms with Gasteiger partial charge in [-0.2, -0.15) is 5.10 Å². The summed E-state index contributed by atoms with van der Waals surface area (Å²) in [6.45, 7) is 3.96. The third-order valence-corrected chi connectivity index (χ3v) is 1.80. The zero-order valence-electron chi connectivity index (χ0n) is 7.41. The highest BCUT2D eigenvalue weighted by molar-refractivity contribution is 5.81. The standard InChI is InChI=1S/C8H14N4/c1-3-7(8(9)10)12-5-6(2)4-11-12/h4-5,7H,3H2,1-2H3,(H3,9,10). The monoisotopic (exact) mass is 166 g/mol. The smallest absolute Gasteiger partial charge is 0.116 e. The molecular formula is C8H14N4. The molecule has 4 nitrogen and oxygen atoms in total. The van der Waals surface area contributed by atoms with Gasteiger partial charge in [0.05, 0.1) is 6.20 Å². The van der Waals surface area contributed by atoms with Gasteiger partial charge in [0.2, 0.25) is 0 Å². The van der Waals surface area contributed by atoms with Crippen LogP contribution in [0.4, 0.5) is 0 Å². The van der Waals surface area contributed by atoms with Gasteiger partial charge < -0.3 is 5.73 Å². The van der Waals surface area contributed by atoms with Crippen LogP contribution in [-0.4, -0.2) is 15.6 Å².